The maximum Gasteiger partial charge on any atom is 0.228 e. The molecule has 3 rings (SSSR count). The highest BCUT2D eigenvalue weighted by molar-refractivity contribution is 6.31. The van der Waals surface area contributed by atoms with Crippen molar-refractivity contribution in [3.05, 3.63) is 58.1 Å². The predicted molar refractivity (Wildman–Crippen MR) is 96.7 cm³/mol. The summed E-state index contributed by atoms with van der Waals surface area (Å²) in [6.45, 7) is 1.41. The second-order valence-corrected chi connectivity index (χ2v) is 6.73. The third-order valence-electron chi connectivity index (χ3n) is 3.98. The van der Waals surface area contributed by atoms with Crippen molar-refractivity contribution < 1.29 is 9.59 Å². The van der Waals surface area contributed by atoms with Gasteiger partial charge in [0.05, 0.1) is 11.4 Å². The number of amides is 2. The highest BCUT2D eigenvalue weighted by Gasteiger charge is 2.44. The molecule has 4 nitrogen and oxygen atoms in total. The second-order valence-electron chi connectivity index (χ2n) is 5.86. The smallest absolute Gasteiger partial charge is 0.228 e. The number of hydrogen-bond donors (Lipinski definition) is 2. The van der Waals surface area contributed by atoms with E-state index in [0.29, 0.717) is 21.4 Å². The van der Waals surface area contributed by atoms with Crippen molar-refractivity contribution in [3.8, 4) is 0 Å². The van der Waals surface area contributed by atoms with E-state index in [1.807, 2.05) is 24.3 Å². The molecule has 2 aromatic rings. The van der Waals surface area contributed by atoms with Crippen molar-refractivity contribution in [3.63, 3.8) is 0 Å². The van der Waals surface area contributed by atoms with E-state index in [4.69, 9.17) is 23.2 Å². The van der Waals surface area contributed by atoms with Crippen molar-refractivity contribution in [1.29, 1.82) is 0 Å². The lowest BCUT2D eigenvalue weighted by atomic mass is 10.1. The van der Waals surface area contributed by atoms with Gasteiger partial charge in [0.2, 0.25) is 11.8 Å². The first-order valence-electron chi connectivity index (χ1n) is 7.57. The van der Waals surface area contributed by atoms with Crippen LogP contribution >= 0.6 is 23.2 Å². The Hall–Kier alpha value is -2.04. The van der Waals surface area contributed by atoms with Gasteiger partial charge in [-0.15, -0.1) is 0 Å². The maximum absolute atomic E-state index is 12.5. The molecule has 2 amide bonds. The molecule has 1 fully saturated rings. The van der Waals surface area contributed by atoms with E-state index in [2.05, 4.69) is 10.6 Å². The number of hydrogen-bond acceptors (Lipinski definition) is 2. The average Bonchev–Trinajstić information content (AvgIpc) is 3.31. The van der Waals surface area contributed by atoms with E-state index in [1.165, 1.54) is 6.92 Å². The van der Waals surface area contributed by atoms with Crippen LogP contribution in [0.25, 0.3) is 0 Å². The van der Waals surface area contributed by atoms with E-state index < -0.39 is 0 Å². The lowest BCUT2D eigenvalue weighted by molar-refractivity contribution is -0.117. The summed E-state index contributed by atoms with van der Waals surface area (Å²) in [7, 11) is 0. The van der Waals surface area contributed by atoms with Crippen molar-refractivity contribution in [2.75, 3.05) is 10.6 Å². The van der Waals surface area contributed by atoms with Crippen LogP contribution in [0.5, 0.6) is 0 Å². The first-order chi connectivity index (χ1) is 11.4. The summed E-state index contributed by atoms with van der Waals surface area (Å²) in [5.74, 6) is -0.178. The predicted octanol–water partition coefficient (Wildman–Crippen LogP) is 4.69. The summed E-state index contributed by atoms with van der Waals surface area (Å²) >= 11 is 11.9. The maximum atomic E-state index is 12.5. The molecule has 0 spiro atoms. The SMILES string of the molecule is CC(=O)Nc1ccc(Cl)cc1NC(=O)C1CC1c1ccc(Cl)cc1. The van der Waals surface area contributed by atoms with Gasteiger partial charge in [0.1, 0.15) is 0 Å². The van der Waals surface area contributed by atoms with E-state index in [9.17, 15) is 9.59 Å². The summed E-state index contributed by atoms with van der Waals surface area (Å²) in [5, 5.41) is 6.72. The Balaban J connectivity index is 1.71. The molecule has 0 heterocycles. The first-order valence-corrected chi connectivity index (χ1v) is 8.33. The zero-order chi connectivity index (χ0) is 17.3. The molecule has 0 bridgehead atoms. The van der Waals surface area contributed by atoms with Crippen molar-refractivity contribution >= 4 is 46.4 Å². The standard InChI is InChI=1S/C18H16Cl2N2O2/c1-10(23)21-16-7-6-13(20)8-17(16)22-18(24)15-9-14(15)11-2-4-12(19)5-3-11/h2-8,14-15H,9H2,1H3,(H,21,23)(H,22,24). The summed E-state index contributed by atoms with van der Waals surface area (Å²) in [6.07, 6.45) is 0.795. The number of halogens is 2. The first kappa shape index (κ1) is 16.8. The average molecular weight is 363 g/mol. The van der Waals surface area contributed by atoms with Crippen LogP contribution in [0.2, 0.25) is 10.0 Å². The minimum atomic E-state index is -0.210. The summed E-state index contributed by atoms with van der Waals surface area (Å²) in [4.78, 5) is 23.8. The molecule has 2 N–H and O–H groups in total. The molecule has 1 aliphatic carbocycles. The molecule has 0 aliphatic heterocycles. The van der Waals surface area contributed by atoms with Gasteiger partial charge in [0, 0.05) is 22.9 Å². The third-order valence-corrected chi connectivity index (χ3v) is 4.46. The number of nitrogens with one attached hydrogen (secondary N) is 2. The zero-order valence-corrected chi connectivity index (χ0v) is 14.5. The molecule has 2 aromatic carbocycles. The van der Waals surface area contributed by atoms with Gasteiger partial charge in [-0.3, -0.25) is 9.59 Å². The molecule has 1 aliphatic rings. The molecule has 0 aromatic heterocycles. The quantitative estimate of drug-likeness (QED) is 0.828. The summed E-state index contributed by atoms with van der Waals surface area (Å²) in [6, 6.07) is 12.5. The highest BCUT2D eigenvalue weighted by Crippen LogP contribution is 2.48. The molecule has 2 unspecified atom stereocenters. The molecule has 2 atom stereocenters. The van der Waals surface area contributed by atoms with Crippen LogP contribution in [0.1, 0.15) is 24.8 Å². The van der Waals surface area contributed by atoms with Crippen molar-refractivity contribution in [2.24, 2.45) is 5.92 Å². The number of carbonyl (C=O) groups excluding carboxylic acids is 2. The van der Waals surface area contributed by atoms with Gasteiger partial charge in [-0.25, -0.2) is 0 Å². The van der Waals surface area contributed by atoms with Gasteiger partial charge >= 0.3 is 0 Å². The topological polar surface area (TPSA) is 58.2 Å². The molecule has 124 valence electrons. The number of rotatable bonds is 4. The number of carbonyl (C=O) groups is 2. The largest absolute Gasteiger partial charge is 0.325 e. The van der Waals surface area contributed by atoms with Gasteiger partial charge < -0.3 is 10.6 Å². The summed E-state index contributed by atoms with van der Waals surface area (Å²) in [5.41, 5.74) is 2.14. The van der Waals surface area contributed by atoms with Crippen LogP contribution in [0.3, 0.4) is 0 Å². The highest BCUT2D eigenvalue weighted by atomic mass is 35.5. The Kier molecular flexibility index (Phi) is 4.78. The minimum Gasteiger partial charge on any atom is -0.325 e. The molecule has 6 heteroatoms. The van der Waals surface area contributed by atoms with Crippen LogP contribution in [0.15, 0.2) is 42.5 Å². The number of benzene rings is 2. The second kappa shape index (κ2) is 6.83. The van der Waals surface area contributed by atoms with Crippen LogP contribution in [-0.4, -0.2) is 11.8 Å². The van der Waals surface area contributed by atoms with Gasteiger partial charge in [0.25, 0.3) is 0 Å². The third kappa shape index (κ3) is 3.89. The molecular formula is C18H16Cl2N2O2. The molecule has 0 radical (unpaired) electrons. The minimum absolute atomic E-state index is 0.0798. The van der Waals surface area contributed by atoms with Crippen molar-refractivity contribution in [2.45, 2.75) is 19.3 Å². The van der Waals surface area contributed by atoms with E-state index in [1.54, 1.807) is 18.2 Å². The number of anilines is 2. The molecule has 0 saturated heterocycles. The van der Waals surface area contributed by atoms with Gasteiger partial charge in [-0.1, -0.05) is 35.3 Å². The lowest BCUT2D eigenvalue weighted by Crippen LogP contribution is -2.17. The molecule has 1 saturated carbocycles. The van der Waals surface area contributed by atoms with Crippen LogP contribution < -0.4 is 10.6 Å². The Bertz CT molecular complexity index is 790. The fraction of sp³-hybridized carbons (Fsp3) is 0.222. The fourth-order valence-electron chi connectivity index (χ4n) is 2.71. The van der Waals surface area contributed by atoms with Gasteiger partial charge in [-0.05, 0) is 48.2 Å². The Labute approximate surface area is 150 Å². The zero-order valence-electron chi connectivity index (χ0n) is 13.0. The Morgan fingerprint density at radius 1 is 0.958 bits per heavy atom. The van der Waals surface area contributed by atoms with Crippen LogP contribution in [0, 0.1) is 5.92 Å². The normalized spacial score (nSPS) is 18.8. The molecular weight excluding hydrogens is 347 g/mol. The van der Waals surface area contributed by atoms with Gasteiger partial charge in [-0.2, -0.15) is 0 Å². The van der Waals surface area contributed by atoms with Crippen LogP contribution in [0.4, 0.5) is 11.4 Å². The van der Waals surface area contributed by atoms with Gasteiger partial charge in [0.15, 0.2) is 0 Å². The van der Waals surface area contributed by atoms with Crippen molar-refractivity contribution in [1.82, 2.24) is 0 Å². The Morgan fingerprint density at radius 3 is 2.29 bits per heavy atom. The fourth-order valence-corrected chi connectivity index (χ4v) is 3.01. The Morgan fingerprint density at radius 2 is 1.62 bits per heavy atom. The van der Waals surface area contributed by atoms with E-state index >= 15 is 0 Å². The van der Waals surface area contributed by atoms with E-state index in [0.717, 1.165) is 12.0 Å². The van der Waals surface area contributed by atoms with E-state index in [-0.39, 0.29) is 23.7 Å². The molecule has 24 heavy (non-hydrogen) atoms. The lowest BCUT2D eigenvalue weighted by Gasteiger charge is -2.12. The summed E-state index contributed by atoms with van der Waals surface area (Å²) < 4.78 is 0. The van der Waals surface area contributed by atoms with Crippen LogP contribution in [-0.2, 0) is 9.59 Å². The monoisotopic (exact) mass is 362 g/mol.